The van der Waals surface area contributed by atoms with Crippen molar-refractivity contribution in [2.24, 2.45) is 0 Å². The van der Waals surface area contributed by atoms with Crippen molar-refractivity contribution in [2.45, 2.75) is 33.7 Å². The van der Waals surface area contributed by atoms with Gasteiger partial charge >= 0.3 is 0 Å². The number of benzene rings is 2. The zero-order valence-electron chi connectivity index (χ0n) is 19.4. The van der Waals surface area contributed by atoms with Crippen molar-refractivity contribution in [3.05, 3.63) is 70.0 Å². The summed E-state index contributed by atoms with van der Waals surface area (Å²) in [4.78, 5) is 25.4. The number of halogens is 1. The monoisotopic (exact) mass is 466 g/mol. The lowest BCUT2D eigenvalue weighted by molar-refractivity contribution is -0.121. The molecule has 34 heavy (non-hydrogen) atoms. The van der Waals surface area contributed by atoms with Crippen LogP contribution in [0.4, 0.5) is 4.39 Å². The first kappa shape index (κ1) is 23.3. The van der Waals surface area contributed by atoms with Gasteiger partial charge in [-0.15, -0.1) is 0 Å². The summed E-state index contributed by atoms with van der Waals surface area (Å²) in [5, 5.41) is 7.73. The Morgan fingerprint density at radius 2 is 1.79 bits per heavy atom. The van der Waals surface area contributed by atoms with Gasteiger partial charge < -0.3 is 14.8 Å². The quantitative estimate of drug-likeness (QED) is 0.409. The van der Waals surface area contributed by atoms with Crippen LogP contribution in [0, 0.1) is 12.7 Å². The molecule has 0 aliphatic rings. The summed E-state index contributed by atoms with van der Waals surface area (Å²) in [5.41, 5.74) is 1.62. The molecule has 0 radical (unpaired) electrons. The maximum Gasteiger partial charge on any atom is 0.291 e. The van der Waals surface area contributed by atoms with E-state index in [2.05, 4.69) is 10.4 Å². The summed E-state index contributed by atoms with van der Waals surface area (Å²) in [6, 6.07) is 11.6. The first-order valence-electron chi connectivity index (χ1n) is 11.2. The first-order valence-corrected chi connectivity index (χ1v) is 11.2. The molecule has 0 atom stereocenters. The average molecular weight is 467 g/mol. The van der Waals surface area contributed by atoms with Gasteiger partial charge in [0, 0.05) is 11.9 Å². The number of aryl methyl sites for hydroxylation is 1. The van der Waals surface area contributed by atoms with Crippen LogP contribution in [0.3, 0.4) is 0 Å². The number of fused-ring (bicyclic) bond motifs is 3. The highest BCUT2D eigenvalue weighted by Crippen LogP contribution is 2.28. The van der Waals surface area contributed by atoms with Crippen molar-refractivity contribution in [1.82, 2.24) is 19.5 Å². The van der Waals surface area contributed by atoms with Gasteiger partial charge in [-0.25, -0.2) is 9.07 Å². The molecule has 0 saturated carbocycles. The molecule has 9 heteroatoms. The van der Waals surface area contributed by atoms with Gasteiger partial charge in [0.05, 0.1) is 18.7 Å². The number of hydrogen-bond acceptors (Lipinski definition) is 5. The van der Waals surface area contributed by atoms with Gasteiger partial charge in [0.15, 0.2) is 11.5 Å². The number of carbonyl (C=O) groups is 1. The van der Waals surface area contributed by atoms with Gasteiger partial charge in [-0.2, -0.15) is 5.10 Å². The second-order valence-corrected chi connectivity index (χ2v) is 7.83. The first-order chi connectivity index (χ1) is 16.4. The van der Waals surface area contributed by atoms with E-state index in [1.807, 2.05) is 32.0 Å². The zero-order valence-corrected chi connectivity index (χ0v) is 19.4. The topological polar surface area (TPSA) is 86.9 Å². The van der Waals surface area contributed by atoms with Gasteiger partial charge in [0.1, 0.15) is 23.7 Å². The Bertz CT molecular complexity index is 1410. The lowest BCUT2D eigenvalue weighted by Gasteiger charge is -2.13. The zero-order chi connectivity index (χ0) is 24.2. The summed E-state index contributed by atoms with van der Waals surface area (Å²) in [5.74, 6) is 1.19. The van der Waals surface area contributed by atoms with Crippen molar-refractivity contribution in [3.8, 4) is 11.5 Å². The molecule has 8 nitrogen and oxygen atoms in total. The number of rotatable bonds is 9. The van der Waals surface area contributed by atoms with Crippen LogP contribution in [0.15, 0.2) is 47.3 Å². The highest BCUT2D eigenvalue weighted by molar-refractivity contribution is 5.87. The van der Waals surface area contributed by atoms with Crippen LogP contribution in [-0.4, -0.2) is 39.8 Å². The van der Waals surface area contributed by atoms with Crippen molar-refractivity contribution in [3.63, 3.8) is 0 Å². The molecule has 1 amide bonds. The Balaban J connectivity index is 1.45. The molecule has 2 heterocycles. The molecule has 2 aromatic carbocycles. The Kier molecular flexibility index (Phi) is 6.81. The van der Waals surface area contributed by atoms with Gasteiger partial charge in [-0.3, -0.25) is 14.0 Å². The smallest absolute Gasteiger partial charge is 0.291 e. The maximum atomic E-state index is 13.6. The summed E-state index contributed by atoms with van der Waals surface area (Å²) >= 11 is 0. The van der Waals surface area contributed by atoms with Crippen LogP contribution in [0.25, 0.3) is 16.4 Å². The number of carbonyl (C=O) groups excluding carboxylic acids is 1. The van der Waals surface area contributed by atoms with E-state index in [0.717, 1.165) is 10.2 Å². The molecule has 0 bridgehead atoms. The van der Waals surface area contributed by atoms with Crippen LogP contribution in [0.2, 0.25) is 0 Å². The van der Waals surface area contributed by atoms with E-state index >= 15 is 0 Å². The molecule has 0 unspecified atom stereocenters. The number of nitrogens with one attached hydrogen (secondary N) is 1. The third kappa shape index (κ3) is 4.73. The second kappa shape index (κ2) is 9.94. The number of aromatic nitrogens is 3. The number of hydrogen-bond donors (Lipinski definition) is 1. The SMILES string of the molecule is CCOc1ccc(CCNC(=O)Cn2nc(C)n3c(cc4cc(F)ccc43)c2=O)cc1OCC. The summed E-state index contributed by atoms with van der Waals surface area (Å²) in [6.07, 6.45) is 0.592. The van der Waals surface area contributed by atoms with Gasteiger partial charge in [-0.1, -0.05) is 6.07 Å². The highest BCUT2D eigenvalue weighted by Gasteiger charge is 2.15. The van der Waals surface area contributed by atoms with E-state index in [1.54, 1.807) is 23.5 Å². The standard InChI is InChI=1S/C25H27FN4O4/c1-4-33-22-9-6-17(12-23(22)34-5-2)10-11-27-24(31)15-29-25(32)21-14-18-13-19(26)7-8-20(18)30(21)16(3)28-29/h6-9,12-14H,4-5,10-11,15H2,1-3H3,(H,27,31). The molecule has 0 aliphatic heterocycles. The molecule has 0 saturated heterocycles. The predicted octanol–water partition coefficient (Wildman–Crippen LogP) is 3.25. The minimum atomic E-state index is -0.412. The van der Waals surface area contributed by atoms with Crippen molar-refractivity contribution >= 4 is 22.3 Å². The van der Waals surface area contributed by atoms with E-state index in [1.165, 1.54) is 12.1 Å². The minimum absolute atomic E-state index is 0.209. The summed E-state index contributed by atoms with van der Waals surface area (Å²) in [7, 11) is 0. The normalized spacial score (nSPS) is 11.2. The Labute approximate surface area is 195 Å². The third-order valence-electron chi connectivity index (χ3n) is 5.44. The van der Waals surface area contributed by atoms with E-state index in [9.17, 15) is 14.0 Å². The molecule has 0 fully saturated rings. The van der Waals surface area contributed by atoms with Gasteiger partial charge in [-0.05, 0) is 69.2 Å². The largest absolute Gasteiger partial charge is 0.490 e. The Morgan fingerprint density at radius 1 is 1.03 bits per heavy atom. The van der Waals surface area contributed by atoms with E-state index in [4.69, 9.17) is 9.47 Å². The lowest BCUT2D eigenvalue weighted by atomic mass is 10.1. The number of ether oxygens (including phenoxy) is 2. The molecule has 1 N–H and O–H groups in total. The minimum Gasteiger partial charge on any atom is -0.490 e. The third-order valence-corrected chi connectivity index (χ3v) is 5.44. The molecule has 0 aliphatic carbocycles. The highest BCUT2D eigenvalue weighted by atomic mass is 19.1. The van der Waals surface area contributed by atoms with E-state index < -0.39 is 5.56 Å². The molecule has 4 aromatic rings. The Morgan fingerprint density at radius 3 is 2.56 bits per heavy atom. The van der Waals surface area contributed by atoms with Crippen molar-refractivity contribution in [1.29, 1.82) is 0 Å². The van der Waals surface area contributed by atoms with Crippen LogP contribution < -0.4 is 20.3 Å². The lowest BCUT2D eigenvalue weighted by Crippen LogP contribution is -2.35. The fourth-order valence-corrected chi connectivity index (χ4v) is 3.99. The maximum absolute atomic E-state index is 13.6. The summed E-state index contributed by atoms with van der Waals surface area (Å²) in [6.45, 7) is 6.82. The van der Waals surface area contributed by atoms with Gasteiger partial charge in [0.25, 0.3) is 5.56 Å². The molecular weight excluding hydrogens is 439 g/mol. The Hall–Kier alpha value is -3.88. The molecule has 0 spiro atoms. The second-order valence-electron chi connectivity index (χ2n) is 7.83. The van der Waals surface area contributed by atoms with Crippen molar-refractivity contribution < 1.29 is 18.7 Å². The van der Waals surface area contributed by atoms with E-state index in [-0.39, 0.29) is 18.3 Å². The van der Waals surface area contributed by atoms with Crippen LogP contribution >= 0.6 is 0 Å². The van der Waals surface area contributed by atoms with Crippen LogP contribution in [-0.2, 0) is 17.8 Å². The van der Waals surface area contributed by atoms with Crippen LogP contribution in [0.5, 0.6) is 11.5 Å². The average Bonchev–Trinajstić information content (AvgIpc) is 3.18. The predicted molar refractivity (Wildman–Crippen MR) is 127 cm³/mol. The van der Waals surface area contributed by atoms with Crippen molar-refractivity contribution in [2.75, 3.05) is 19.8 Å². The fourth-order valence-electron chi connectivity index (χ4n) is 3.99. The molecule has 2 aromatic heterocycles. The van der Waals surface area contributed by atoms with Crippen LogP contribution in [0.1, 0.15) is 25.2 Å². The number of nitrogens with zero attached hydrogens (tertiary/aromatic N) is 3. The van der Waals surface area contributed by atoms with Gasteiger partial charge in [0.2, 0.25) is 5.91 Å². The molecule has 178 valence electrons. The van der Waals surface area contributed by atoms with E-state index in [0.29, 0.717) is 59.9 Å². The number of amides is 1. The molecular formula is C25H27FN4O4. The fraction of sp³-hybridized carbons (Fsp3) is 0.320. The molecule has 4 rings (SSSR count). The summed E-state index contributed by atoms with van der Waals surface area (Å²) < 4.78 is 27.6.